The van der Waals surface area contributed by atoms with Crippen LogP contribution in [0.1, 0.15) is 16.7 Å². The Labute approximate surface area is 161 Å². The largest absolute Gasteiger partial charge is 0.489 e. The zero-order valence-corrected chi connectivity index (χ0v) is 14.7. The van der Waals surface area contributed by atoms with Crippen LogP contribution in [-0.4, -0.2) is 4.92 Å². The van der Waals surface area contributed by atoms with Crippen LogP contribution in [-0.2, 0) is 6.61 Å². The third kappa shape index (κ3) is 4.59. The van der Waals surface area contributed by atoms with E-state index >= 15 is 0 Å². The first-order valence-corrected chi connectivity index (χ1v) is 8.40. The van der Waals surface area contributed by atoms with Crippen molar-refractivity contribution in [3.63, 3.8) is 0 Å². The van der Waals surface area contributed by atoms with Crippen molar-refractivity contribution >= 4 is 17.3 Å². The molecule has 0 aliphatic rings. The highest BCUT2D eigenvalue weighted by atomic mass is 19.1. The van der Waals surface area contributed by atoms with Crippen molar-refractivity contribution in [1.82, 2.24) is 0 Å². The highest BCUT2D eigenvalue weighted by Crippen LogP contribution is 2.23. The van der Waals surface area contributed by atoms with Gasteiger partial charge in [-0.1, -0.05) is 30.3 Å². The van der Waals surface area contributed by atoms with E-state index in [0.717, 1.165) is 5.56 Å². The molecule has 0 bridgehead atoms. The lowest BCUT2D eigenvalue weighted by Gasteiger charge is -2.08. The van der Waals surface area contributed by atoms with Crippen LogP contribution in [0.3, 0.4) is 0 Å². The maximum Gasteiger partial charge on any atom is 0.269 e. The molecule has 0 radical (unpaired) electrons. The number of nitro benzene ring substituents is 1. The Bertz CT molecular complexity index is 1070. The minimum Gasteiger partial charge on any atom is -0.489 e. The smallest absolute Gasteiger partial charge is 0.269 e. The first-order chi connectivity index (χ1) is 13.6. The molecular formula is C22H15FN2O3. The van der Waals surface area contributed by atoms with Crippen LogP contribution >= 0.6 is 0 Å². The predicted octanol–water partition coefficient (Wildman–Crippen LogP) is 5.38. The molecule has 138 valence electrons. The second kappa shape index (κ2) is 8.60. The van der Waals surface area contributed by atoms with Crippen LogP contribution in [0.5, 0.6) is 5.75 Å². The average Bonchev–Trinajstić information content (AvgIpc) is 2.72. The van der Waals surface area contributed by atoms with Gasteiger partial charge in [-0.15, -0.1) is 0 Å². The van der Waals surface area contributed by atoms with Crippen molar-refractivity contribution in [2.45, 2.75) is 6.61 Å². The van der Waals surface area contributed by atoms with E-state index < -0.39 is 4.92 Å². The van der Waals surface area contributed by atoms with Gasteiger partial charge in [0.1, 0.15) is 18.2 Å². The summed E-state index contributed by atoms with van der Waals surface area (Å²) in [5, 5.41) is 20.2. The Morgan fingerprint density at radius 2 is 1.86 bits per heavy atom. The zero-order chi connectivity index (χ0) is 19.9. The van der Waals surface area contributed by atoms with E-state index in [0.29, 0.717) is 22.4 Å². The Hall–Kier alpha value is -3.98. The molecule has 3 aromatic carbocycles. The summed E-state index contributed by atoms with van der Waals surface area (Å²) in [6.07, 6.45) is 1.66. The summed E-state index contributed by atoms with van der Waals surface area (Å²) in [5.74, 6) is 0.210. The molecule has 3 rings (SSSR count). The SMILES string of the molecule is N#CC(=Cc1cccc(OCc2ccccc2F)c1)c1ccc([N+](=O)[O-])cc1. The second-order valence-corrected chi connectivity index (χ2v) is 5.93. The highest BCUT2D eigenvalue weighted by molar-refractivity contribution is 5.89. The summed E-state index contributed by atoms with van der Waals surface area (Å²) < 4.78 is 19.3. The van der Waals surface area contributed by atoms with E-state index in [-0.39, 0.29) is 18.1 Å². The number of ether oxygens (including phenoxy) is 1. The molecule has 3 aromatic rings. The fourth-order valence-corrected chi connectivity index (χ4v) is 2.58. The van der Waals surface area contributed by atoms with Crippen molar-refractivity contribution in [1.29, 1.82) is 5.26 Å². The third-order valence-electron chi connectivity index (χ3n) is 4.03. The first-order valence-electron chi connectivity index (χ1n) is 8.40. The van der Waals surface area contributed by atoms with Crippen LogP contribution in [0.25, 0.3) is 11.6 Å². The summed E-state index contributed by atoms with van der Waals surface area (Å²) in [4.78, 5) is 10.3. The quantitative estimate of drug-likeness (QED) is 0.251. The monoisotopic (exact) mass is 374 g/mol. The van der Waals surface area contributed by atoms with E-state index in [1.165, 1.54) is 30.3 Å². The summed E-state index contributed by atoms with van der Waals surface area (Å²) >= 11 is 0. The number of non-ortho nitro benzene ring substituents is 1. The van der Waals surface area contributed by atoms with E-state index in [4.69, 9.17) is 4.74 Å². The highest BCUT2D eigenvalue weighted by Gasteiger charge is 2.07. The van der Waals surface area contributed by atoms with Crippen molar-refractivity contribution in [3.8, 4) is 11.8 Å². The molecule has 0 saturated heterocycles. The van der Waals surface area contributed by atoms with E-state index in [1.54, 1.807) is 48.5 Å². The van der Waals surface area contributed by atoms with Gasteiger partial charge in [0.25, 0.3) is 5.69 Å². The summed E-state index contributed by atoms with van der Waals surface area (Å²) in [6.45, 7) is 0.0906. The Morgan fingerprint density at radius 3 is 2.54 bits per heavy atom. The number of nitriles is 1. The van der Waals surface area contributed by atoms with Gasteiger partial charge in [0, 0.05) is 17.7 Å². The molecule has 0 aliphatic carbocycles. The van der Waals surface area contributed by atoms with Crippen LogP contribution in [0.2, 0.25) is 0 Å². The summed E-state index contributed by atoms with van der Waals surface area (Å²) in [6, 6.07) is 21.3. The van der Waals surface area contributed by atoms with Crippen molar-refractivity contribution in [2.24, 2.45) is 0 Å². The molecular weight excluding hydrogens is 359 g/mol. The van der Waals surface area contributed by atoms with Gasteiger partial charge >= 0.3 is 0 Å². The maximum atomic E-state index is 13.7. The molecule has 0 heterocycles. The number of hydrogen-bond donors (Lipinski definition) is 0. The number of halogens is 1. The molecule has 0 spiro atoms. The first kappa shape index (κ1) is 18.8. The van der Waals surface area contributed by atoms with E-state index in [1.807, 2.05) is 0 Å². The molecule has 0 unspecified atom stereocenters. The second-order valence-electron chi connectivity index (χ2n) is 5.93. The number of nitrogens with zero attached hydrogens (tertiary/aromatic N) is 2. The fourth-order valence-electron chi connectivity index (χ4n) is 2.58. The maximum absolute atomic E-state index is 13.7. The predicted molar refractivity (Wildman–Crippen MR) is 104 cm³/mol. The average molecular weight is 374 g/mol. The topological polar surface area (TPSA) is 76.2 Å². The van der Waals surface area contributed by atoms with Crippen LogP contribution in [0.15, 0.2) is 72.8 Å². The van der Waals surface area contributed by atoms with Gasteiger partial charge in [-0.2, -0.15) is 5.26 Å². The van der Waals surface area contributed by atoms with Crippen molar-refractivity contribution in [2.75, 3.05) is 0 Å². The Kier molecular flexibility index (Phi) is 5.78. The lowest BCUT2D eigenvalue weighted by atomic mass is 10.0. The molecule has 0 aromatic heterocycles. The Balaban J connectivity index is 1.79. The minimum absolute atomic E-state index is 0.0374. The van der Waals surface area contributed by atoms with Gasteiger partial charge in [-0.3, -0.25) is 10.1 Å². The molecule has 0 saturated carbocycles. The molecule has 6 heteroatoms. The van der Waals surface area contributed by atoms with Gasteiger partial charge in [0.05, 0.1) is 16.6 Å². The summed E-state index contributed by atoms with van der Waals surface area (Å²) in [7, 11) is 0. The minimum atomic E-state index is -0.490. The number of benzene rings is 3. The van der Waals surface area contributed by atoms with Crippen LogP contribution < -0.4 is 4.74 Å². The summed E-state index contributed by atoms with van der Waals surface area (Å²) in [5.41, 5.74) is 2.07. The van der Waals surface area contributed by atoms with Crippen LogP contribution in [0.4, 0.5) is 10.1 Å². The van der Waals surface area contributed by atoms with Gasteiger partial charge in [-0.25, -0.2) is 4.39 Å². The molecule has 0 N–H and O–H groups in total. The standard InChI is InChI=1S/C22H15FN2O3/c23-22-7-2-1-5-18(22)15-28-21-6-3-4-16(13-21)12-19(14-24)17-8-10-20(11-9-17)25(26)27/h1-13H,15H2. The number of rotatable bonds is 6. The van der Waals surface area contributed by atoms with Crippen molar-refractivity contribution in [3.05, 3.63) is 105 Å². The van der Waals surface area contributed by atoms with E-state index in [2.05, 4.69) is 6.07 Å². The fraction of sp³-hybridized carbons (Fsp3) is 0.0455. The van der Waals surface area contributed by atoms with Gasteiger partial charge in [-0.05, 0) is 47.5 Å². The molecule has 0 amide bonds. The van der Waals surface area contributed by atoms with Gasteiger partial charge in [0.2, 0.25) is 0 Å². The lowest BCUT2D eigenvalue weighted by molar-refractivity contribution is -0.384. The third-order valence-corrected chi connectivity index (χ3v) is 4.03. The van der Waals surface area contributed by atoms with Gasteiger partial charge < -0.3 is 4.74 Å². The number of allylic oxidation sites excluding steroid dienone is 1. The Morgan fingerprint density at radius 1 is 1.11 bits per heavy atom. The molecule has 28 heavy (non-hydrogen) atoms. The molecule has 0 fully saturated rings. The molecule has 5 nitrogen and oxygen atoms in total. The number of hydrogen-bond acceptors (Lipinski definition) is 4. The molecule has 0 aliphatic heterocycles. The van der Waals surface area contributed by atoms with Crippen LogP contribution in [0, 0.1) is 27.3 Å². The van der Waals surface area contributed by atoms with Crippen molar-refractivity contribution < 1.29 is 14.1 Å². The van der Waals surface area contributed by atoms with E-state index in [9.17, 15) is 19.8 Å². The van der Waals surface area contributed by atoms with Gasteiger partial charge in [0.15, 0.2) is 0 Å². The number of nitro groups is 1. The molecule has 0 atom stereocenters. The lowest BCUT2D eigenvalue weighted by Crippen LogP contribution is -1.98. The normalized spacial score (nSPS) is 10.9. The zero-order valence-electron chi connectivity index (χ0n) is 14.7.